The summed E-state index contributed by atoms with van der Waals surface area (Å²) in [4.78, 5) is 2.38. The standard InChI is InChI=1S/C19H23N5O/c1-14(20-16-6-7-19-18(13-16)21-22-23(19)2)15-4-3-5-17(12-15)24-8-10-25-11-9-24/h3-7,12-14,20H,8-11H2,1-2H3. The Morgan fingerprint density at radius 3 is 2.80 bits per heavy atom. The molecule has 0 radical (unpaired) electrons. The summed E-state index contributed by atoms with van der Waals surface area (Å²) < 4.78 is 7.23. The number of aromatic nitrogens is 3. The van der Waals surface area contributed by atoms with Gasteiger partial charge < -0.3 is 15.0 Å². The number of nitrogens with zero attached hydrogens (tertiary/aromatic N) is 4. The molecule has 0 bridgehead atoms. The molecule has 25 heavy (non-hydrogen) atoms. The molecule has 0 saturated carbocycles. The summed E-state index contributed by atoms with van der Waals surface area (Å²) >= 11 is 0. The molecule has 1 aromatic heterocycles. The number of hydrogen-bond donors (Lipinski definition) is 1. The second-order valence-electron chi connectivity index (χ2n) is 6.48. The normalized spacial score (nSPS) is 16.2. The van der Waals surface area contributed by atoms with E-state index in [0.717, 1.165) is 43.0 Å². The third kappa shape index (κ3) is 3.30. The van der Waals surface area contributed by atoms with Crippen molar-refractivity contribution in [2.45, 2.75) is 13.0 Å². The minimum Gasteiger partial charge on any atom is -0.378 e. The van der Waals surface area contributed by atoms with Gasteiger partial charge in [0.15, 0.2) is 0 Å². The van der Waals surface area contributed by atoms with Crippen LogP contribution in [-0.2, 0) is 11.8 Å². The van der Waals surface area contributed by atoms with Crippen molar-refractivity contribution in [3.8, 4) is 0 Å². The molecule has 1 unspecified atom stereocenters. The van der Waals surface area contributed by atoms with Gasteiger partial charge in [0.05, 0.1) is 18.7 Å². The van der Waals surface area contributed by atoms with E-state index >= 15 is 0 Å². The van der Waals surface area contributed by atoms with E-state index in [0.29, 0.717) is 0 Å². The lowest BCUT2D eigenvalue weighted by Gasteiger charge is -2.29. The highest BCUT2D eigenvalue weighted by Crippen LogP contribution is 2.25. The van der Waals surface area contributed by atoms with E-state index in [1.807, 2.05) is 13.1 Å². The maximum Gasteiger partial charge on any atom is 0.115 e. The zero-order valence-electron chi connectivity index (χ0n) is 14.6. The highest BCUT2D eigenvalue weighted by Gasteiger charge is 2.13. The molecule has 1 atom stereocenters. The van der Waals surface area contributed by atoms with Crippen LogP contribution in [0.3, 0.4) is 0 Å². The molecule has 1 N–H and O–H groups in total. The first-order valence-corrected chi connectivity index (χ1v) is 8.69. The van der Waals surface area contributed by atoms with Gasteiger partial charge in [0.1, 0.15) is 5.52 Å². The molecule has 1 fully saturated rings. The number of aryl methyl sites for hydroxylation is 1. The number of morpholine rings is 1. The van der Waals surface area contributed by atoms with Crippen LogP contribution in [0.2, 0.25) is 0 Å². The fourth-order valence-electron chi connectivity index (χ4n) is 3.28. The van der Waals surface area contributed by atoms with Crippen LogP contribution in [0.1, 0.15) is 18.5 Å². The summed E-state index contributed by atoms with van der Waals surface area (Å²) in [5.74, 6) is 0. The van der Waals surface area contributed by atoms with Gasteiger partial charge in [-0.1, -0.05) is 17.3 Å². The number of hydrogen-bond acceptors (Lipinski definition) is 5. The summed E-state index contributed by atoms with van der Waals surface area (Å²) in [7, 11) is 1.90. The number of ether oxygens (including phenoxy) is 1. The third-order valence-corrected chi connectivity index (χ3v) is 4.74. The van der Waals surface area contributed by atoms with Crippen LogP contribution < -0.4 is 10.2 Å². The second-order valence-corrected chi connectivity index (χ2v) is 6.48. The Morgan fingerprint density at radius 1 is 1.12 bits per heavy atom. The highest BCUT2D eigenvalue weighted by molar-refractivity contribution is 5.78. The zero-order valence-corrected chi connectivity index (χ0v) is 14.6. The molecule has 1 aliphatic heterocycles. The van der Waals surface area contributed by atoms with Crippen molar-refractivity contribution >= 4 is 22.4 Å². The molecule has 130 valence electrons. The quantitative estimate of drug-likeness (QED) is 0.793. The van der Waals surface area contributed by atoms with Crippen LogP contribution in [0.4, 0.5) is 11.4 Å². The van der Waals surface area contributed by atoms with E-state index in [2.05, 4.69) is 63.9 Å². The van der Waals surface area contributed by atoms with Gasteiger partial charge in [0.25, 0.3) is 0 Å². The Bertz CT molecular complexity index is 869. The number of anilines is 2. The van der Waals surface area contributed by atoms with Crippen molar-refractivity contribution in [2.75, 3.05) is 36.5 Å². The summed E-state index contributed by atoms with van der Waals surface area (Å²) in [6, 6.07) is 15.1. The van der Waals surface area contributed by atoms with Crippen molar-refractivity contribution < 1.29 is 4.74 Å². The van der Waals surface area contributed by atoms with E-state index in [1.54, 1.807) is 4.68 Å². The molecule has 0 amide bonds. The van der Waals surface area contributed by atoms with Crippen molar-refractivity contribution in [1.82, 2.24) is 15.0 Å². The molecule has 2 aromatic carbocycles. The molecule has 6 heteroatoms. The zero-order chi connectivity index (χ0) is 17.2. The lowest BCUT2D eigenvalue weighted by atomic mass is 10.1. The van der Waals surface area contributed by atoms with Crippen molar-refractivity contribution in [2.24, 2.45) is 7.05 Å². The lowest BCUT2D eigenvalue weighted by Crippen LogP contribution is -2.36. The maximum absolute atomic E-state index is 5.45. The predicted molar refractivity (Wildman–Crippen MR) is 100 cm³/mol. The van der Waals surface area contributed by atoms with Gasteiger partial charge in [-0.2, -0.15) is 0 Å². The largest absolute Gasteiger partial charge is 0.378 e. The number of fused-ring (bicyclic) bond motifs is 1. The topological polar surface area (TPSA) is 55.2 Å². The Kier molecular flexibility index (Phi) is 4.28. The third-order valence-electron chi connectivity index (χ3n) is 4.74. The van der Waals surface area contributed by atoms with Crippen LogP contribution in [0, 0.1) is 0 Å². The Morgan fingerprint density at radius 2 is 1.96 bits per heavy atom. The maximum atomic E-state index is 5.45. The van der Waals surface area contributed by atoms with Crippen molar-refractivity contribution in [3.63, 3.8) is 0 Å². The summed E-state index contributed by atoms with van der Waals surface area (Å²) in [5.41, 5.74) is 5.52. The summed E-state index contributed by atoms with van der Waals surface area (Å²) in [6.07, 6.45) is 0. The molecule has 1 aliphatic rings. The van der Waals surface area contributed by atoms with Gasteiger partial charge in [0.2, 0.25) is 0 Å². The molecule has 1 saturated heterocycles. The molecular weight excluding hydrogens is 314 g/mol. The van der Waals surface area contributed by atoms with Crippen LogP contribution in [-0.4, -0.2) is 41.3 Å². The van der Waals surface area contributed by atoms with Gasteiger partial charge in [-0.15, -0.1) is 5.10 Å². The van der Waals surface area contributed by atoms with E-state index in [-0.39, 0.29) is 6.04 Å². The van der Waals surface area contributed by atoms with E-state index in [1.165, 1.54) is 11.3 Å². The first kappa shape index (κ1) is 15.9. The highest BCUT2D eigenvalue weighted by atomic mass is 16.5. The number of benzene rings is 2. The molecule has 0 spiro atoms. The van der Waals surface area contributed by atoms with Gasteiger partial charge >= 0.3 is 0 Å². The van der Waals surface area contributed by atoms with Crippen LogP contribution >= 0.6 is 0 Å². The fourth-order valence-corrected chi connectivity index (χ4v) is 3.28. The average molecular weight is 337 g/mol. The number of rotatable bonds is 4. The Hall–Kier alpha value is -2.60. The van der Waals surface area contributed by atoms with Gasteiger partial charge in [-0.25, -0.2) is 4.68 Å². The molecule has 0 aliphatic carbocycles. The SMILES string of the molecule is CC(Nc1ccc2c(c1)nnn2C)c1cccc(N2CCOCC2)c1. The van der Waals surface area contributed by atoms with Crippen LogP contribution in [0.25, 0.3) is 11.0 Å². The predicted octanol–water partition coefficient (Wildman–Crippen LogP) is 2.98. The summed E-state index contributed by atoms with van der Waals surface area (Å²) in [5, 5.41) is 11.8. The Balaban J connectivity index is 1.52. The second kappa shape index (κ2) is 6.72. The molecular formula is C19H23N5O. The van der Waals surface area contributed by atoms with Crippen LogP contribution in [0.5, 0.6) is 0 Å². The Labute approximate surface area is 147 Å². The molecule has 6 nitrogen and oxygen atoms in total. The minimum atomic E-state index is 0.204. The monoisotopic (exact) mass is 337 g/mol. The molecule has 3 aromatic rings. The average Bonchev–Trinajstić information content (AvgIpc) is 3.03. The lowest BCUT2D eigenvalue weighted by molar-refractivity contribution is 0.122. The first-order chi connectivity index (χ1) is 12.2. The first-order valence-electron chi connectivity index (χ1n) is 8.69. The smallest absolute Gasteiger partial charge is 0.115 e. The fraction of sp³-hybridized carbons (Fsp3) is 0.368. The minimum absolute atomic E-state index is 0.204. The van der Waals surface area contributed by atoms with Gasteiger partial charge in [-0.3, -0.25) is 0 Å². The number of nitrogens with one attached hydrogen (secondary N) is 1. The van der Waals surface area contributed by atoms with Gasteiger partial charge in [-0.05, 0) is 42.8 Å². The molecule has 4 rings (SSSR count). The summed E-state index contributed by atoms with van der Waals surface area (Å²) in [6.45, 7) is 5.69. The van der Waals surface area contributed by atoms with E-state index in [9.17, 15) is 0 Å². The molecule has 2 heterocycles. The van der Waals surface area contributed by atoms with E-state index < -0.39 is 0 Å². The van der Waals surface area contributed by atoms with Crippen molar-refractivity contribution in [3.05, 3.63) is 48.0 Å². The van der Waals surface area contributed by atoms with Crippen LogP contribution in [0.15, 0.2) is 42.5 Å². The van der Waals surface area contributed by atoms with E-state index in [4.69, 9.17) is 4.74 Å². The van der Waals surface area contributed by atoms with Gasteiger partial charge in [0, 0.05) is 37.6 Å². The van der Waals surface area contributed by atoms with Crippen molar-refractivity contribution in [1.29, 1.82) is 0 Å².